The van der Waals surface area contributed by atoms with Crippen LogP contribution < -0.4 is 15.8 Å². The van der Waals surface area contributed by atoms with Gasteiger partial charge in [-0.05, 0) is 42.9 Å². The molecule has 1 unspecified atom stereocenters. The number of primary amides is 1. The summed E-state index contributed by atoms with van der Waals surface area (Å²) in [5.41, 5.74) is 6.97. The van der Waals surface area contributed by atoms with E-state index in [1.807, 2.05) is 30.3 Å². The highest BCUT2D eigenvalue weighted by molar-refractivity contribution is 7.98. The van der Waals surface area contributed by atoms with Crippen LogP contribution in [0.5, 0.6) is 5.75 Å². The van der Waals surface area contributed by atoms with Crippen LogP contribution in [0.25, 0.3) is 0 Å². The van der Waals surface area contributed by atoms with Crippen molar-refractivity contribution in [3.05, 3.63) is 54.1 Å². The lowest BCUT2D eigenvalue weighted by atomic mass is 9.93. The fourth-order valence-electron chi connectivity index (χ4n) is 3.46. The third-order valence-corrected chi connectivity index (χ3v) is 6.23. The predicted octanol–water partition coefficient (Wildman–Crippen LogP) is 4.21. The lowest BCUT2D eigenvalue weighted by molar-refractivity contribution is -0.125. The van der Waals surface area contributed by atoms with E-state index >= 15 is 0 Å². The molecule has 1 fully saturated rings. The van der Waals surface area contributed by atoms with Gasteiger partial charge in [-0.2, -0.15) is 0 Å². The van der Waals surface area contributed by atoms with E-state index in [-0.39, 0.29) is 5.92 Å². The van der Waals surface area contributed by atoms with Crippen LogP contribution in [0.3, 0.4) is 0 Å². The van der Waals surface area contributed by atoms with Gasteiger partial charge >= 0.3 is 6.09 Å². The normalized spacial score (nSPS) is 15.1. The van der Waals surface area contributed by atoms with Crippen molar-refractivity contribution in [2.24, 2.45) is 11.7 Å². The van der Waals surface area contributed by atoms with Crippen LogP contribution in [-0.4, -0.2) is 38.4 Å². The first-order chi connectivity index (χ1) is 15.0. The second-order valence-corrected chi connectivity index (χ2v) is 8.36. The van der Waals surface area contributed by atoms with E-state index in [9.17, 15) is 9.59 Å². The number of benzene rings is 2. The molecule has 1 aliphatic heterocycles. The van der Waals surface area contributed by atoms with Gasteiger partial charge in [0.1, 0.15) is 5.75 Å². The molecule has 0 aromatic heterocycles. The third kappa shape index (κ3) is 7.18. The van der Waals surface area contributed by atoms with Gasteiger partial charge in [-0.25, -0.2) is 4.79 Å². The highest BCUT2D eigenvalue weighted by Crippen LogP contribution is 2.34. The number of hydrogen-bond acceptors (Lipinski definition) is 6. The van der Waals surface area contributed by atoms with Crippen molar-refractivity contribution >= 4 is 29.4 Å². The maximum atomic E-state index is 12.8. The number of amides is 2. The first-order valence-corrected chi connectivity index (χ1v) is 11.2. The Hall–Kier alpha value is -2.71. The number of rotatable bonds is 9. The summed E-state index contributed by atoms with van der Waals surface area (Å²) in [4.78, 5) is 25.1. The Morgan fingerprint density at radius 3 is 2.61 bits per heavy atom. The highest BCUT2D eigenvalue weighted by atomic mass is 32.2. The fourth-order valence-corrected chi connectivity index (χ4v) is 4.42. The van der Waals surface area contributed by atoms with Crippen LogP contribution in [-0.2, 0) is 20.0 Å². The van der Waals surface area contributed by atoms with Crippen molar-refractivity contribution in [1.29, 1.82) is 0 Å². The molecule has 7 nitrogen and oxygen atoms in total. The SMILES string of the molecule is COc1cc(NC(=O)C(CC2CCOCC2)OC(N)=O)ccc1SCc1ccccc1. The summed E-state index contributed by atoms with van der Waals surface area (Å²) in [5.74, 6) is 1.31. The largest absolute Gasteiger partial charge is 0.496 e. The van der Waals surface area contributed by atoms with E-state index < -0.39 is 18.1 Å². The second kappa shape index (κ2) is 11.6. The van der Waals surface area contributed by atoms with E-state index in [1.165, 1.54) is 5.56 Å². The summed E-state index contributed by atoms with van der Waals surface area (Å²) in [5, 5.41) is 2.82. The molecule has 0 saturated carbocycles. The van der Waals surface area contributed by atoms with Crippen LogP contribution in [0, 0.1) is 5.92 Å². The molecular weight excluding hydrogens is 416 g/mol. The summed E-state index contributed by atoms with van der Waals surface area (Å²) < 4.78 is 16.0. The zero-order valence-electron chi connectivity index (χ0n) is 17.5. The van der Waals surface area contributed by atoms with Crippen molar-refractivity contribution in [3.63, 3.8) is 0 Å². The standard InChI is InChI=1S/C23H28N2O5S/c1-28-19-14-18(7-8-21(19)31-15-17-5-3-2-4-6-17)25-22(26)20(30-23(24)27)13-16-9-11-29-12-10-16/h2-8,14,16,20H,9-13,15H2,1H3,(H2,24,27)(H,25,26). The minimum atomic E-state index is -0.961. The van der Waals surface area contributed by atoms with Crippen molar-refractivity contribution in [1.82, 2.24) is 0 Å². The number of thioether (sulfide) groups is 1. The summed E-state index contributed by atoms with van der Waals surface area (Å²) in [6.07, 6.45) is 0.164. The van der Waals surface area contributed by atoms with Gasteiger partial charge in [0.05, 0.1) is 7.11 Å². The molecule has 1 aliphatic rings. The number of nitrogens with two attached hydrogens (primary N) is 1. The molecule has 1 heterocycles. The molecule has 2 aromatic rings. The molecule has 1 atom stereocenters. The zero-order chi connectivity index (χ0) is 22.1. The first kappa shape index (κ1) is 23.0. The molecule has 31 heavy (non-hydrogen) atoms. The molecule has 166 valence electrons. The average molecular weight is 445 g/mol. The van der Waals surface area contributed by atoms with Gasteiger partial charge in [0.2, 0.25) is 0 Å². The van der Waals surface area contributed by atoms with E-state index in [0.29, 0.717) is 31.1 Å². The predicted molar refractivity (Wildman–Crippen MR) is 120 cm³/mol. The van der Waals surface area contributed by atoms with E-state index in [4.69, 9.17) is 19.9 Å². The number of ether oxygens (including phenoxy) is 3. The summed E-state index contributed by atoms with van der Waals surface area (Å²) in [6, 6.07) is 15.6. The van der Waals surface area contributed by atoms with E-state index in [2.05, 4.69) is 17.4 Å². The lowest BCUT2D eigenvalue weighted by Crippen LogP contribution is -2.36. The smallest absolute Gasteiger partial charge is 0.405 e. The number of nitrogens with one attached hydrogen (secondary N) is 1. The Morgan fingerprint density at radius 1 is 1.19 bits per heavy atom. The zero-order valence-corrected chi connectivity index (χ0v) is 18.4. The molecule has 3 rings (SSSR count). The Kier molecular flexibility index (Phi) is 8.61. The Bertz CT molecular complexity index is 872. The van der Waals surface area contributed by atoms with Gasteiger partial charge in [0, 0.05) is 35.6 Å². The average Bonchev–Trinajstić information content (AvgIpc) is 2.78. The van der Waals surface area contributed by atoms with Crippen molar-refractivity contribution in [2.75, 3.05) is 25.6 Å². The highest BCUT2D eigenvalue weighted by Gasteiger charge is 2.27. The quantitative estimate of drug-likeness (QED) is 0.562. The number of hydrogen-bond donors (Lipinski definition) is 2. The lowest BCUT2D eigenvalue weighted by Gasteiger charge is -2.25. The van der Waals surface area contributed by atoms with Gasteiger partial charge in [-0.15, -0.1) is 11.8 Å². The molecule has 3 N–H and O–H groups in total. The summed E-state index contributed by atoms with van der Waals surface area (Å²) in [6.45, 7) is 1.30. The van der Waals surface area contributed by atoms with Gasteiger partial charge in [0.15, 0.2) is 6.10 Å². The van der Waals surface area contributed by atoms with Crippen LogP contribution in [0.1, 0.15) is 24.8 Å². The van der Waals surface area contributed by atoms with Crippen LogP contribution in [0.4, 0.5) is 10.5 Å². The van der Waals surface area contributed by atoms with Crippen molar-refractivity contribution in [2.45, 2.75) is 36.0 Å². The molecule has 0 radical (unpaired) electrons. The van der Waals surface area contributed by atoms with E-state index in [0.717, 1.165) is 23.5 Å². The summed E-state index contributed by atoms with van der Waals surface area (Å²) in [7, 11) is 1.59. The Labute approximate surface area is 186 Å². The number of anilines is 1. The van der Waals surface area contributed by atoms with Crippen LogP contribution in [0.2, 0.25) is 0 Å². The molecule has 2 amide bonds. The van der Waals surface area contributed by atoms with Gasteiger partial charge in [-0.1, -0.05) is 30.3 Å². The second-order valence-electron chi connectivity index (χ2n) is 7.35. The number of carbonyl (C=O) groups excluding carboxylic acids is 2. The van der Waals surface area contributed by atoms with Gasteiger partial charge in [-0.3, -0.25) is 4.79 Å². The minimum absolute atomic E-state index is 0.246. The topological polar surface area (TPSA) is 99.9 Å². The summed E-state index contributed by atoms with van der Waals surface area (Å²) >= 11 is 1.65. The maximum absolute atomic E-state index is 12.8. The number of carbonyl (C=O) groups is 2. The van der Waals surface area contributed by atoms with Crippen LogP contribution in [0.15, 0.2) is 53.4 Å². The molecule has 1 saturated heterocycles. The molecular formula is C23H28N2O5S. The number of methoxy groups -OCH3 is 1. The fraction of sp³-hybridized carbons (Fsp3) is 0.391. The Balaban J connectivity index is 1.64. The van der Waals surface area contributed by atoms with Crippen molar-refractivity contribution < 1.29 is 23.8 Å². The molecule has 0 bridgehead atoms. The van der Waals surface area contributed by atoms with Crippen molar-refractivity contribution in [3.8, 4) is 5.75 Å². The maximum Gasteiger partial charge on any atom is 0.405 e. The minimum Gasteiger partial charge on any atom is -0.496 e. The Morgan fingerprint density at radius 2 is 1.94 bits per heavy atom. The molecule has 8 heteroatoms. The molecule has 2 aromatic carbocycles. The molecule has 0 aliphatic carbocycles. The molecule has 0 spiro atoms. The monoisotopic (exact) mass is 444 g/mol. The first-order valence-electron chi connectivity index (χ1n) is 10.2. The third-order valence-electron chi connectivity index (χ3n) is 5.11. The van der Waals surface area contributed by atoms with Gasteiger partial charge < -0.3 is 25.3 Å². The van der Waals surface area contributed by atoms with Crippen LogP contribution >= 0.6 is 11.8 Å². The van der Waals surface area contributed by atoms with Gasteiger partial charge in [0.25, 0.3) is 5.91 Å². The van der Waals surface area contributed by atoms with E-state index in [1.54, 1.807) is 24.9 Å².